The fourth-order valence-corrected chi connectivity index (χ4v) is 3.68. The molecule has 0 saturated carbocycles. The van der Waals surface area contributed by atoms with Crippen molar-refractivity contribution in [2.24, 2.45) is 0 Å². The molecule has 4 rings (SSSR count). The van der Waals surface area contributed by atoms with Crippen LogP contribution >= 0.6 is 0 Å². The van der Waals surface area contributed by atoms with Gasteiger partial charge in [0.2, 0.25) is 0 Å². The monoisotopic (exact) mass is 351 g/mol. The molecule has 2 aliphatic rings. The lowest BCUT2D eigenvalue weighted by molar-refractivity contribution is -0.128. The maximum atomic E-state index is 13.3. The number of carbonyl (C=O) groups excluding carboxylic acids is 2. The van der Waals surface area contributed by atoms with Crippen LogP contribution in [0, 0.1) is 6.92 Å². The number of urea groups is 1. The van der Waals surface area contributed by atoms with Gasteiger partial charge in [0, 0.05) is 24.5 Å². The van der Waals surface area contributed by atoms with Gasteiger partial charge < -0.3 is 20.5 Å². The number of aryl methyl sites for hydroxylation is 1. The van der Waals surface area contributed by atoms with Crippen molar-refractivity contribution >= 4 is 11.9 Å². The molecule has 2 aromatic rings. The summed E-state index contributed by atoms with van der Waals surface area (Å²) in [6, 6.07) is 7.32. The molecule has 1 atom stereocenters. The first-order valence-corrected chi connectivity index (χ1v) is 8.69. The fourth-order valence-electron chi connectivity index (χ4n) is 3.68. The topological polar surface area (TPSA) is 90.1 Å². The van der Waals surface area contributed by atoms with Crippen molar-refractivity contribution in [1.29, 1.82) is 0 Å². The van der Waals surface area contributed by atoms with Crippen LogP contribution in [0.3, 0.4) is 0 Å². The van der Waals surface area contributed by atoms with Crippen molar-refractivity contribution in [3.8, 4) is 0 Å². The third kappa shape index (κ3) is 2.75. The molecule has 2 aliphatic heterocycles. The second kappa shape index (κ2) is 6.33. The van der Waals surface area contributed by atoms with Crippen LogP contribution in [0.4, 0.5) is 4.79 Å². The average Bonchev–Trinajstić information content (AvgIpc) is 3.06. The molecule has 0 radical (unpaired) electrons. The summed E-state index contributed by atoms with van der Waals surface area (Å²) in [5, 5.41) is 5.57. The van der Waals surface area contributed by atoms with E-state index in [9.17, 15) is 9.59 Å². The molecule has 0 aliphatic carbocycles. The molecule has 3 amide bonds. The SMILES string of the molecule is CC1=C(C(=O)N2CCc3ccccc3C2)[C@H](c2nc[nH]c2C)NC(=O)N1. The summed E-state index contributed by atoms with van der Waals surface area (Å²) < 4.78 is 0. The number of nitrogens with zero attached hydrogens (tertiary/aromatic N) is 2. The summed E-state index contributed by atoms with van der Waals surface area (Å²) in [6.45, 7) is 4.88. The lowest BCUT2D eigenvalue weighted by Crippen LogP contribution is -2.48. The summed E-state index contributed by atoms with van der Waals surface area (Å²) in [5.41, 5.74) is 5.08. The van der Waals surface area contributed by atoms with Crippen molar-refractivity contribution in [3.05, 3.63) is 64.4 Å². The zero-order valence-corrected chi connectivity index (χ0v) is 14.8. The highest BCUT2D eigenvalue weighted by Crippen LogP contribution is 2.30. The van der Waals surface area contributed by atoms with E-state index in [1.54, 1.807) is 13.3 Å². The van der Waals surface area contributed by atoms with Gasteiger partial charge in [-0.25, -0.2) is 9.78 Å². The molecule has 0 unspecified atom stereocenters. The summed E-state index contributed by atoms with van der Waals surface area (Å²) in [5.74, 6) is -0.0723. The summed E-state index contributed by atoms with van der Waals surface area (Å²) in [7, 11) is 0. The molecular formula is C19H21N5O2. The van der Waals surface area contributed by atoms with Crippen molar-refractivity contribution in [2.45, 2.75) is 32.9 Å². The molecule has 0 spiro atoms. The lowest BCUT2D eigenvalue weighted by atomic mass is 9.95. The zero-order chi connectivity index (χ0) is 18.3. The summed E-state index contributed by atoms with van der Waals surface area (Å²) in [4.78, 5) is 34.5. The van der Waals surface area contributed by atoms with Crippen LogP contribution in [-0.2, 0) is 17.8 Å². The van der Waals surface area contributed by atoms with Crippen LogP contribution in [0.15, 0.2) is 41.9 Å². The Hall–Kier alpha value is -3.09. The Kier molecular flexibility index (Phi) is 3.99. The van der Waals surface area contributed by atoms with E-state index in [4.69, 9.17) is 0 Å². The van der Waals surface area contributed by atoms with E-state index in [1.165, 1.54) is 11.1 Å². The number of H-pyrrole nitrogens is 1. The van der Waals surface area contributed by atoms with Gasteiger partial charge in [-0.05, 0) is 31.4 Å². The number of hydrogen-bond acceptors (Lipinski definition) is 3. The molecular weight excluding hydrogens is 330 g/mol. The minimum absolute atomic E-state index is 0.0723. The van der Waals surface area contributed by atoms with Crippen LogP contribution < -0.4 is 10.6 Å². The molecule has 0 fully saturated rings. The fraction of sp³-hybridized carbons (Fsp3) is 0.316. The number of aromatic nitrogens is 2. The van der Waals surface area contributed by atoms with Gasteiger partial charge in [-0.3, -0.25) is 4.79 Å². The molecule has 26 heavy (non-hydrogen) atoms. The number of allylic oxidation sites excluding steroid dienone is 1. The molecule has 1 aromatic carbocycles. The Balaban J connectivity index is 1.68. The Morgan fingerprint density at radius 2 is 2.00 bits per heavy atom. The number of nitrogens with one attached hydrogen (secondary N) is 3. The van der Waals surface area contributed by atoms with E-state index >= 15 is 0 Å². The lowest BCUT2D eigenvalue weighted by Gasteiger charge is -2.34. The summed E-state index contributed by atoms with van der Waals surface area (Å²) in [6.07, 6.45) is 2.41. The van der Waals surface area contributed by atoms with E-state index in [0.717, 1.165) is 12.1 Å². The van der Waals surface area contributed by atoms with E-state index in [0.29, 0.717) is 30.1 Å². The number of aromatic amines is 1. The number of carbonyl (C=O) groups is 2. The van der Waals surface area contributed by atoms with Crippen LogP contribution in [0.5, 0.6) is 0 Å². The van der Waals surface area contributed by atoms with Crippen LogP contribution in [0.1, 0.15) is 35.5 Å². The normalized spacial score (nSPS) is 19.7. The molecule has 0 saturated heterocycles. The van der Waals surface area contributed by atoms with Gasteiger partial charge in [0.25, 0.3) is 5.91 Å². The first-order chi connectivity index (χ1) is 12.5. The number of rotatable bonds is 2. The maximum Gasteiger partial charge on any atom is 0.319 e. The zero-order valence-electron chi connectivity index (χ0n) is 14.8. The molecule has 134 valence electrons. The Labute approximate surface area is 151 Å². The molecule has 1 aromatic heterocycles. The highest BCUT2D eigenvalue weighted by Gasteiger charge is 2.36. The first kappa shape index (κ1) is 16.4. The predicted molar refractivity (Wildman–Crippen MR) is 96.0 cm³/mol. The van der Waals surface area contributed by atoms with Crippen molar-refractivity contribution in [2.75, 3.05) is 6.54 Å². The second-order valence-corrected chi connectivity index (χ2v) is 6.73. The number of hydrogen-bond donors (Lipinski definition) is 3. The highest BCUT2D eigenvalue weighted by atomic mass is 16.2. The van der Waals surface area contributed by atoms with Crippen molar-refractivity contribution in [1.82, 2.24) is 25.5 Å². The molecule has 3 N–H and O–H groups in total. The largest absolute Gasteiger partial charge is 0.348 e. The van der Waals surface area contributed by atoms with Crippen LogP contribution in [0.2, 0.25) is 0 Å². The summed E-state index contributed by atoms with van der Waals surface area (Å²) >= 11 is 0. The molecule has 0 bridgehead atoms. The highest BCUT2D eigenvalue weighted by molar-refractivity contribution is 5.98. The molecule has 7 heteroatoms. The average molecular weight is 351 g/mol. The van der Waals surface area contributed by atoms with Gasteiger partial charge in [-0.2, -0.15) is 0 Å². The van der Waals surface area contributed by atoms with Crippen LogP contribution in [-0.4, -0.2) is 33.4 Å². The Morgan fingerprint density at radius 1 is 1.23 bits per heavy atom. The van der Waals surface area contributed by atoms with Gasteiger partial charge in [0.1, 0.15) is 6.04 Å². The van der Waals surface area contributed by atoms with Gasteiger partial charge >= 0.3 is 6.03 Å². The van der Waals surface area contributed by atoms with Gasteiger partial charge in [0.15, 0.2) is 0 Å². The standard InChI is InChI=1S/C19H21N5O2/c1-11-15(17(23-19(26)22-11)16-12(2)20-10-21-16)18(25)24-8-7-13-5-3-4-6-14(13)9-24/h3-6,10,17H,7-9H2,1-2H3,(H,20,21)(H2,22,23,26)/t17-/m1/s1. The van der Waals surface area contributed by atoms with E-state index in [2.05, 4.69) is 32.7 Å². The number of amides is 3. The number of imidazole rings is 1. The third-order valence-corrected chi connectivity index (χ3v) is 5.06. The number of fused-ring (bicyclic) bond motifs is 1. The Bertz CT molecular complexity index is 914. The van der Waals surface area contributed by atoms with E-state index in [1.807, 2.05) is 24.0 Å². The minimum Gasteiger partial charge on any atom is -0.348 e. The van der Waals surface area contributed by atoms with Gasteiger partial charge in [-0.1, -0.05) is 24.3 Å². The molecule has 7 nitrogen and oxygen atoms in total. The predicted octanol–water partition coefficient (Wildman–Crippen LogP) is 1.93. The third-order valence-electron chi connectivity index (χ3n) is 5.06. The van der Waals surface area contributed by atoms with E-state index in [-0.39, 0.29) is 11.9 Å². The second-order valence-electron chi connectivity index (χ2n) is 6.73. The van der Waals surface area contributed by atoms with E-state index < -0.39 is 6.04 Å². The van der Waals surface area contributed by atoms with Gasteiger partial charge in [0.05, 0.1) is 17.6 Å². The first-order valence-electron chi connectivity index (χ1n) is 8.69. The van der Waals surface area contributed by atoms with Gasteiger partial charge in [-0.15, -0.1) is 0 Å². The Morgan fingerprint density at radius 3 is 2.73 bits per heavy atom. The maximum absolute atomic E-state index is 13.3. The number of benzene rings is 1. The van der Waals surface area contributed by atoms with Crippen molar-refractivity contribution < 1.29 is 9.59 Å². The molecule has 3 heterocycles. The smallest absolute Gasteiger partial charge is 0.319 e. The van der Waals surface area contributed by atoms with Crippen LogP contribution in [0.25, 0.3) is 0 Å². The minimum atomic E-state index is -0.556. The quantitative estimate of drug-likeness (QED) is 0.772. The van der Waals surface area contributed by atoms with Crippen molar-refractivity contribution in [3.63, 3.8) is 0 Å².